The van der Waals surface area contributed by atoms with Gasteiger partial charge in [0.25, 0.3) is 0 Å². The van der Waals surface area contributed by atoms with Crippen molar-refractivity contribution >= 4 is 0 Å². The molecular weight excluding hydrogens is 187 g/mol. The molecule has 0 radical (unpaired) electrons. The van der Waals surface area contributed by atoms with Crippen LogP contribution in [0.15, 0.2) is 24.3 Å². The van der Waals surface area contributed by atoms with Crippen molar-refractivity contribution < 1.29 is 56.1 Å². The minimum Gasteiger partial charge on any atom is -0.497 e. The van der Waals surface area contributed by atoms with Crippen molar-refractivity contribution in [2.45, 2.75) is 19.8 Å². The summed E-state index contributed by atoms with van der Waals surface area (Å²) in [4.78, 5) is 0. The molecule has 0 spiro atoms. The predicted octanol–water partition coefficient (Wildman–Crippen LogP) is -0.144. The molecule has 1 nitrogen and oxygen atoms in total. The van der Waals surface area contributed by atoms with Gasteiger partial charge in [-0.25, -0.2) is 0 Å². The van der Waals surface area contributed by atoms with E-state index in [0.717, 1.165) is 18.6 Å². The van der Waals surface area contributed by atoms with Gasteiger partial charge in [-0.1, -0.05) is 24.6 Å². The topological polar surface area (TPSA) is 9.23 Å². The zero-order chi connectivity index (χ0) is 8.81. The smallest absolute Gasteiger partial charge is 0.497 e. The number of unbranched alkanes of at least 4 members (excludes halogenated alkanes) is 1. The van der Waals surface area contributed by atoms with Gasteiger partial charge in [0.15, 0.2) is 0 Å². The Morgan fingerprint density at radius 3 is 2.77 bits per heavy atom. The molecular formula is C11H15KO. The fourth-order valence-electron chi connectivity index (χ4n) is 1.11. The van der Waals surface area contributed by atoms with E-state index in [4.69, 9.17) is 4.74 Å². The molecule has 1 rings (SSSR count). The Balaban J connectivity index is 0.00000144. The summed E-state index contributed by atoms with van der Waals surface area (Å²) in [6.07, 6.45) is 4.42. The molecule has 2 heteroatoms. The standard InChI is InChI=1S/C11H15O.K/c1-3-4-6-10-7-5-8-11(9-10)12-2;/h4-5,7-9H,3,6H2,1-2H3;/q-1;+1. The van der Waals surface area contributed by atoms with Gasteiger partial charge in [0.2, 0.25) is 0 Å². The molecule has 0 aliphatic rings. The second kappa shape index (κ2) is 8.01. The van der Waals surface area contributed by atoms with Gasteiger partial charge >= 0.3 is 51.4 Å². The number of methoxy groups -OCH3 is 1. The van der Waals surface area contributed by atoms with Crippen LogP contribution in [0.25, 0.3) is 0 Å². The third-order valence-corrected chi connectivity index (χ3v) is 1.80. The van der Waals surface area contributed by atoms with Gasteiger partial charge in [0.1, 0.15) is 5.75 Å². The van der Waals surface area contributed by atoms with E-state index in [-0.39, 0.29) is 51.4 Å². The number of hydrogen-bond acceptors (Lipinski definition) is 1. The summed E-state index contributed by atoms with van der Waals surface area (Å²) in [6, 6.07) is 8.19. The molecule has 0 amide bonds. The quantitative estimate of drug-likeness (QED) is 0.488. The van der Waals surface area contributed by atoms with Crippen molar-refractivity contribution in [3.63, 3.8) is 0 Å². The first-order valence-corrected chi connectivity index (χ1v) is 4.31. The van der Waals surface area contributed by atoms with Crippen LogP contribution in [0.3, 0.4) is 0 Å². The number of hydrogen-bond donors (Lipinski definition) is 0. The van der Waals surface area contributed by atoms with Crippen LogP contribution < -0.4 is 56.1 Å². The van der Waals surface area contributed by atoms with E-state index in [2.05, 4.69) is 25.5 Å². The molecule has 1 aromatic carbocycles. The van der Waals surface area contributed by atoms with Gasteiger partial charge in [-0.05, 0) is 12.1 Å². The Morgan fingerprint density at radius 1 is 1.38 bits per heavy atom. The monoisotopic (exact) mass is 202 g/mol. The molecule has 66 valence electrons. The first-order chi connectivity index (χ1) is 5.86. The summed E-state index contributed by atoms with van der Waals surface area (Å²) in [5.41, 5.74) is 1.32. The molecule has 0 fully saturated rings. The maximum absolute atomic E-state index is 5.12. The molecule has 0 heterocycles. The Hall–Kier alpha value is 0.656. The molecule has 0 unspecified atom stereocenters. The van der Waals surface area contributed by atoms with Crippen LogP contribution >= 0.6 is 0 Å². The molecule has 0 aliphatic carbocycles. The van der Waals surface area contributed by atoms with Crippen LogP contribution in [0.4, 0.5) is 0 Å². The third kappa shape index (κ3) is 5.18. The fraction of sp³-hybridized carbons (Fsp3) is 0.364. The van der Waals surface area contributed by atoms with Crippen molar-refractivity contribution in [1.82, 2.24) is 0 Å². The number of rotatable bonds is 4. The van der Waals surface area contributed by atoms with E-state index in [1.165, 1.54) is 5.56 Å². The molecule has 1 aromatic rings. The molecule has 0 aliphatic heterocycles. The molecule has 13 heavy (non-hydrogen) atoms. The molecule has 0 bridgehead atoms. The minimum atomic E-state index is 0. The number of benzene rings is 1. The first-order valence-electron chi connectivity index (χ1n) is 4.31. The predicted molar refractivity (Wildman–Crippen MR) is 51.3 cm³/mol. The van der Waals surface area contributed by atoms with Crippen LogP contribution in [-0.4, -0.2) is 7.11 Å². The molecule has 0 atom stereocenters. The average Bonchev–Trinajstić information content (AvgIpc) is 2.15. The summed E-state index contributed by atoms with van der Waals surface area (Å²) in [7, 11) is 1.70. The Morgan fingerprint density at radius 2 is 2.15 bits per heavy atom. The summed E-state index contributed by atoms with van der Waals surface area (Å²) in [6.45, 7) is 2.15. The van der Waals surface area contributed by atoms with Crippen molar-refractivity contribution in [3.8, 4) is 5.75 Å². The molecule has 0 saturated carbocycles. The average molecular weight is 202 g/mol. The van der Waals surface area contributed by atoms with Crippen molar-refractivity contribution in [1.29, 1.82) is 0 Å². The van der Waals surface area contributed by atoms with Crippen molar-refractivity contribution in [3.05, 3.63) is 36.2 Å². The van der Waals surface area contributed by atoms with E-state index < -0.39 is 0 Å². The normalized spacial score (nSPS) is 9.08. The van der Waals surface area contributed by atoms with E-state index >= 15 is 0 Å². The zero-order valence-corrected chi connectivity index (χ0v) is 11.8. The largest absolute Gasteiger partial charge is 1.00 e. The first kappa shape index (κ1) is 13.7. The summed E-state index contributed by atoms with van der Waals surface area (Å²) >= 11 is 0. The SMILES string of the molecule is CC[CH-]Cc1cccc(OC)c1.[K+]. The summed E-state index contributed by atoms with van der Waals surface area (Å²) in [5.74, 6) is 0.942. The Labute approximate surface area is 123 Å². The van der Waals surface area contributed by atoms with Gasteiger partial charge < -0.3 is 11.2 Å². The van der Waals surface area contributed by atoms with Crippen LogP contribution in [0.2, 0.25) is 0 Å². The Kier molecular flexibility index (Phi) is 8.41. The maximum atomic E-state index is 5.12. The maximum Gasteiger partial charge on any atom is 1.00 e. The fourth-order valence-corrected chi connectivity index (χ4v) is 1.11. The molecule has 0 aromatic heterocycles. The summed E-state index contributed by atoms with van der Waals surface area (Å²) in [5, 5.41) is 0. The van der Waals surface area contributed by atoms with Crippen LogP contribution in [0.1, 0.15) is 18.9 Å². The van der Waals surface area contributed by atoms with E-state index in [9.17, 15) is 0 Å². The van der Waals surface area contributed by atoms with Crippen LogP contribution in [-0.2, 0) is 6.42 Å². The second-order valence-corrected chi connectivity index (χ2v) is 2.75. The van der Waals surface area contributed by atoms with E-state index in [1.807, 2.05) is 12.1 Å². The van der Waals surface area contributed by atoms with Crippen molar-refractivity contribution in [2.75, 3.05) is 7.11 Å². The van der Waals surface area contributed by atoms with Gasteiger partial charge in [-0.15, -0.1) is 0 Å². The van der Waals surface area contributed by atoms with E-state index in [1.54, 1.807) is 7.11 Å². The molecule has 0 saturated heterocycles. The van der Waals surface area contributed by atoms with Gasteiger partial charge in [-0.3, -0.25) is 0 Å². The van der Waals surface area contributed by atoms with Gasteiger partial charge in [0, 0.05) is 0 Å². The van der Waals surface area contributed by atoms with Crippen LogP contribution in [0.5, 0.6) is 5.75 Å². The number of ether oxygens (including phenoxy) is 1. The minimum absolute atomic E-state index is 0. The van der Waals surface area contributed by atoms with Gasteiger partial charge in [0.05, 0.1) is 7.11 Å². The third-order valence-electron chi connectivity index (χ3n) is 1.80. The van der Waals surface area contributed by atoms with Gasteiger partial charge in [-0.2, -0.15) is 12.8 Å². The summed E-state index contributed by atoms with van der Waals surface area (Å²) < 4.78 is 5.12. The zero-order valence-electron chi connectivity index (χ0n) is 8.71. The van der Waals surface area contributed by atoms with E-state index in [0.29, 0.717) is 0 Å². The van der Waals surface area contributed by atoms with Crippen molar-refractivity contribution in [2.24, 2.45) is 0 Å². The Bertz CT molecular complexity index is 235. The molecule has 0 N–H and O–H groups in total. The van der Waals surface area contributed by atoms with Crippen LogP contribution in [0, 0.1) is 6.42 Å². The second-order valence-electron chi connectivity index (χ2n) is 2.75.